The van der Waals surface area contributed by atoms with Gasteiger partial charge < -0.3 is 15.0 Å². The van der Waals surface area contributed by atoms with Crippen LogP contribution >= 0.6 is 0 Å². The summed E-state index contributed by atoms with van der Waals surface area (Å²) in [5.41, 5.74) is 1.56. The summed E-state index contributed by atoms with van der Waals surface area (Å²) in [6.45, 7) is 9.60. The van der Waals surface area contributed by atoms with Crippen molar-refractivity contribution in [2.24, 2.45) is 11.8 Å². The van der Waals surface area contributed by atoms with Gasteiger partial charge in [0.15, 0.2) is 0 Å². The average molecular weight is 399 g/mol. The quantitative estimate of drug-likeness (QED) is 0.522. The van der Waals surface area contributed by atoms with Crippen molar-refractivity contribution in [1.29, 1.82) is 0 Å². The van der Waals surface area contributed by atoms with Crippen LogP contribution in [0, 0.1) is 11.8 Å². The van der Waals surface area contributed by atoms with Crippen LogP contribution in [0.15, 0.2) is 30.9 Å². The Hall–Kier alpha value is -2.90. The number of rotatable bonds is 10. The lowest BCUT2D eigenvalue weighted by molar-refractivity contribution is -0.141. The summed E-state index contributed by atoms with van der Waals surface area (Å²) in [7, 11) is 0. The average Bonchev–Trinajstić information content (AvgIpc) is 3.30. The third kappa shape index (κ3) is 4.75. The van der Waals surface area contributed by atoms with Gasteiger partial charge in [0.1, 0.15) is 11.7 Å². The minimum Gasteiger partial charge on any atom is -0.480 e. The van der Waals surface area contributed by atoms with Crippen LogP contribution in [0.2, 0.25) is 0 Å². The van der Waals surface area contributed by atoms with Crippen LogP contribution in [0.4, 0.5) is 11.6 Å². The van der Waals surface area contributed by atoms with E-state index in [1.807, 2.05) is 13.0 Å². The molecule has 0 amide bonds. The highest BCUT2D eigenvalue weighted by Crippen LogP contribution is 2.23. The molecule has 3 heterocycles. The Kier molecular flexibility index (Phi) is 6.51. The number of carboxylic acid groups (broad SMARTS) is 1. The fraction of sp³-hybridized carbons (Fsp3) is 0.524. The summed E-state index contributed by atoms with van der Waals surface area (Å²) >= 11 is 0. The summed E-state index contributed by atoms with van der Waals surface area (Å²) in [4.78, 5) is 20.5. The minimum absolute atomic E-state index is 0.469. The molecule has 0 spiro atoms. The van der Waals surface area contributed by atoms with Crippen molar-refractivity contribution in [1.82, 2.24) is 24.3 Å². The molecule has 3 aromatic heterocycles. The van der Waals surface area contributed by atoms with Gasteiger partial charge in [-0.1, -0.05) is 40.5 Å². The first-order chi connectivity index (χ1) is 13.9. The number of aromatic nitrogens is 5. The number of anilines is 2. The number of carbonyl (C=O) groups is 1. The molecule has 0 saturated carbocycles. The molecule has 0 radical (unpaired) electrons. The summed E-state index contributed by atoms with van der Waals surface area (Å²) in [5.74, 6) is 0.777. The lowest BCUT2D eigenvalue weighted by atomic mass is 9.93. The van der Waals surface area contributed by atoms with Gasteiger partial charge in [-0.05, 0) is 24.3 Å². The van der Waals surface area contributed by atoms with Crippen molar-refractivity contribution in [3.05, 3.63) is 30.9 Å². The number of carboxylic acids is 1. The van der Waals surface area contributed by atoms with Gasteiger partial charge in [0, 0.05) is 30.5 Å². The van der Waals surface area contributed by atoms with Crippen LogP contribution in [0.5, 0.6) is 0 Å². The van der Waals surface area contributed by atoms with Gasteiger partial charge in [-0.2, -0.15) is 10.1 Å². The minimum atomic E-state index is -0.882. The molecule has 0 unspecified atom stereocenters. The lowest BCUT2D eigenvalue weighted by Gasteiger charge is -2.20. The zero-order valence-electron chi connectivity index (χ0n) is 17.5. The maximum Gasteiger partial charge on any atom is 0.328 e. The van der Waals surface area contributed by atoms with E-state index in [-0.39, 0.29) is 0 Å². The maximum absolute atomic E-state index is 11.5. The highest BCUT2D eigenvalue weighted by atomic mass is 16.4. The highest BCUT2D eigenvalue weighted by molar-refractivity contribution is 5.76. The fourth-order valence-corrected chi connectivity index (χ4v) is 3.59. The summed E-state index contributed by atoms with van der Waals surface area (Å²) in [6.07, 6.45) is 9.58. The number of aliphatic carboxylic acids is 1. The predicted molar refractivity (Wildman–Crippen MR) is 113 cm³/mol. The van der Waals surface area contributed by atoms with Crippen LogP contribution in [0.3, 0.4) is 0 Å². The van der Waals surface area contributed by atoms with E-state index < -0.39 is 12.0 Å². The molecule has 3 rings (SSSR count). The fourth-order valence-electron chi connectivity index (χ4n) is 3.59. The molecule has 3 aromatic rings. The standard InChI is InChI=1S/C21H30N6O2/c1-5-7-18(20(28)29)27-13-17(11-23-27)24-21-22-10-16-8-9-26(19(16)25-21)12-15(6-2)14(3)4/h8-11,13-15,18H,5-7,12H2,1-4H3,(H,28,29)(H,22,24,25)/t15-,18+/m1/s1. The van der Waals surface area contributed by atoms with Crippen LogP contribution in [0.1, 0.15) is 53.0 Å². The number of hydrogen-bond acceptors (Lipinski definition) is 5. The second kappa shape index (κ2) is 9.07. The van der Waals surface area contributed by atoms with E-state index in [2.05, 4.69) is 46.9 Å². The Labute approximate surface area is 171 Å². The van der Waals surface area contributed by atoms with E-state index in [9.17, 15) is 9.90 Å². The normalized spacial score (nSPS) is 13.7. The summed E-state index contributed by atoms with van der Waals surface area (Å²) in [6, 6.07) is 1.37. The summed E-state index contributed by atoms with van der Waals surface area (Å²) in [5, 5.41) is 17.8. The summed E-state index contributed by atoms with van der Waals surface area (Å²) < 4.78 is 3.66. The zero-order valence-corrected chi connectivity index (χ0v) is 17.5. The second-order valence-corrected chi connectivity index (χ2v) is 7.83. The van der Waals surface area contributed by atoms with Crippen molar-refractivity contribution in [3.63, 3.8) is 0 Å². The monoisotopic (exact) mass is 398 g/mol. The molecule has 0 aliphatic heterocycles. The van der Waals surface area contributed by atoms with Crippen molar-refractivity contribution >= 4 is 28.6 Å². The Morgan fingerprint density at radius 2 is 2.07 bits per heavy atom. The van der Waals surface area contributed by atoms with Crippen LogP contribution in [-0.4, -0.2) is 35.4 Å². The molecule has 0 aromatic carbocycles. The maximum atomic E-state index is 11.5. The predicted octanol–water partition coefficient (Wildman–Crippen LogP) is 4.48. The molecule has 29 heavy (non-hydrogen) atoms. The van der Waals surface area contributed by atoms with Gasteiger partial charge in [0.2, 0.25) is 5.95 Å². The second-order valence-electron chi connectivity index (χ2n) is 7.83. The number of nitrogens with zero attached hydrogens (tertiary/aromatic N) is 5. The number of hydrogen-bond donors (Lipinski definition) is 2. The first-order valence-corrected chi connectivity index (χ1v) is 10.3. The molecular weight excluding hydrogens is 368 g/mol. The van der Waals surface area contributed by atoms with Crippen molar-refractivity contribution in [3.8, 4) is 0 Å². The van der Waals surface area contributed by atoms with Gasteiger partial charge in [0.05, 0.1) is 11.9 Å². The van der Waals surface area contributed by atoms with E-state index in [4.69, 9.17) is 4.98 Å². The Bertz CT molecular complexity index is 961. The van der Waals surface area contributed by atoms with Crippen molar-refractivity contribution in [2.75, 3.05) is 5.32 Å². The smallest absolute Gasteiger partial charge is 0.328 e. The first-order valence-electron chi connectivity index (χ1n) is 10.3. The largest absolute Gasteiger partial charge is 0.480 e. The van der Waals surface area contributed by atoms with Gasteiger partial charge in [-0.15, -0.1) is 0 Å². The highest BCUT2D eigenvalue weighted by Gasteiger charge is 2.20. The molecule has 0 fully saturated rings. The molecule has 2 atom stereocenters. The van der Waals surface area contributed by atoms with Crippen LogP contribution in [-0.2, 0) is 11.3 Å². The molecule has 0 saturated heterocycles. The Morgan fingerprint density at radius 1 is 1.28 bits per heavy atom. The Morgan fingerprint density at radius 3 is 2.72 bits per heavy atom. The molecule has 2 N–H and O–H groups in total. The molecule has 0 aliphatic carbocycles. The van der Waals surface area contributed by atoms with Gasteiger partial charge in [-0.3, -0.25) is 4.68 Å². The molecule has 0 aliphatic rings. The molecule has 0 bridgehead atoms. The van der Waals surface area contributed by atoms with E-state index in [1.165, 1.54) is 4.68 Å². The van der Waals surface area contributed by atoms with Crippen LogP contribution in [0.25, 0.3) is 11.0 Å². The SMILES string of the molecule is CCC[C@@H](C(=O)O)n1cc(Nc2ncc3ccn(C[C@@H](CC)C(C)C)c3n2)cn1. The van der Waals surface area contributed by atoms with E-state index in [0.29, 0.717) is 29.9 Å². The lowest BCUT2D eigenvalue weighted by Crippen LogP contribution is -2.19. The van der Waals surface area contributed by atoms with Gasteiger partial charge in [-0.25, -0.2) is 9.78 Å². The molecule has 156 valence electrons. The third-order valence-electron chi connectivity index (χ3n) is 5.42. The Balaban J connectivity index is 1.81. The van der Waals surface area contributed by atoms with E-state index in [0.717, 1.165) is 30.4 Å². The third-order valence-corrected chi connectivity index (χ3v) is 5.42. The zero-order chi connectivity index (χ0) is 21.0. The molecule has 8 nitrogen and oxygen atoms in total. The van der Waals surface area contributed by atoms with Crippen molar-refractivity contribution < 1.29 is 9.90 Å². The number of fused-ring (bicyclic) bond motifs is 1. The van der Waals surface area contributed by atoms with Gasteiger partial charge >= 0.3 is 5.97 Å². The molecule has 8 heteroatoms. The number of nitrogens with one attached hydrogen (secondary N) is 1. The van der Waals surface area contributed by atoms with Gasteiger partial charge in [0.25, 0.3) is 0 Å². The first kappa shape index (κ1) is 20.8. The van der Waals surface area contributed by atoms with Crippen LogP contribution < -0.4 is 5.32 Å². The van der Waals surface area contributed by atoms with E-state index >= 15 is 0 Å². The van der Waals surface area contributed by atoms with Crippen molar-refractivity contribution in [2.45, 2.75) is 59.5 Å². The topological polar surface area (TPSA) is 97.9 Å². The van der Waals surface area contributed by atoms with E-state index in [1.54, 1.807) is 18.6 Å². The molecular formula is C21H30N6O2.